The summed E-state index contributed by atoms with van der Waals surface area (Å²) in [5, 5.41) is 3.07. The molecule has 138 valence electrons. The number of thiophene rings is 1. The van der Waals surface area contributed by atoms with Gasteiger partial charge in [-0.05, 0) is 30.5 Å². The van der Waals surface area contributed by atoms with Crippen LogP contribution in [-0.4, -0.2) is 47.0 Å². The number of amides is 1. The fraction of sp³-hybridized carbons (Fsp3) is 0.350. The molecule has 1 saturated heterocycles. The summed E-state index contributed by atoms with van der Waals surface area (Å²) in [6.07, 6.45) is 3.69. The fourth-order valence-electron chi connectivity index (χ4n) is 3.67. The second-order valence-electron chi connectivity index (χ2n) is 7.12. The summed E-state index contributed by atoms with van der Waals surface area (Å²) in [6, 6.07) is 6.54. The molecule has 0 spiro atoms. The maximum absolute atomic E-state index is 13.3. The number of hydrogen-bond acceptors (Lipinski definition) is 5. The van der Waals surface area contributed by atoms with E-state index in [1.54, 1.807) is 29.8 Å². The number of nitrogens with zero attached hydrogens (tertiary/aromatic N) is 4. The van der Waals surface area contributed by atoms with Crippen LogP contribution < -0.4 is 4.90 Å². The number of anilines is 1. The van der Waals surface area contributed by atoms with Crippen LogP contribution in [0, 0.1) is 11.7 Å². The molecule has 5 nitrogen and oxygen atoms in total. The highest BCUT2D eigenvalue weighted by Crippen LogP contribution is 2.38. The van der Waals surface area contributed by atoms with Crippen LogP contribution in [0.5, 0.6) is 0 Å². The van der Waals surface area contributed by atoms with Gasteiger partial charge in [0.1, 0.15) is 22.8 Å². The van der Waals surface area contributed by atoms with Gasteiger partial charge in [-0.2, -0.15) is 0 Å². The molecule has 1 saturated carbocycles. The Balaban J connectivity index is 1.46. The van der Waals surface area contributed by atoms with Crippen molar-refractivity contribution in [3.8, 4) is 11.1 Å². The van der Waals surface area contributed by atoms with E-state index in [1.807, 2.05) is 4.90 Å². The van der Waals surface area contributed by atoms with E-state index in [0.29, 0.717) is 5.91 Å². The van der Waals surface area contributed by atoms with Gasteiger partial charge in [0, 0.05) is 43.0 Å². The van der Waals surface area contributed by atoms with Gasteiger partial charge < -0.3 is 9.80 Å². The number of benzene rings is 1. The van der Waals surface area contributed by atoms with Gasteiger partial charge in [-0.1, -0.05) is 12.1 Å². The van der Waals surface area contributed by atoms with Crippen molar-refractivity contribution >= 4 is 33.3 Å². The van der Waals surface area contributed by atoms with E-state index in [1.165, 1.54) is 12.1 Å². The molecule has 7 heteroatoms. The van der Waals surface area contributed by atoms with Crippen LogP contribution in [0.4, 0.5) is 10.2 Å². The average Bonchev–Trinajstić information content (AvgIpc) is 3.47. The van der Waals surface area contributed by atoms with Gasteiger partial charge in [-0.25, -0.2) is 14.4 Å². The molecule has 2 aromatic heterocycles. The average molecular weight is 382 g/mol. The lowest BCUT2D eigenvalue weighted by atomic mass is 10.1. The first-order valence-corrected chi connectivity index (χ1v) is 10.1. The largest absolute Gasteiger partial charge is 0.352 e. The summed E-state index contributed by atoms with van der Waals surface area (Å²) in [5.41, 5.74) is 1.99. The molecule has 0 unspecified atom stereocenters. The fourth-order valence-corrected chi connectivity index (χ4v) is 4.58. The molecule has 5 rings (SSSR count). The van der Waals surface area contributed by atoms with Gasteiger partial charge in [0.25, 0.3) is 0 Å². The van der Waals surface area contributed by atoms with E-state index >= 15 is 0 Å². The standard InChI is InChI=1S/C20H19FN4OS/c21-15-5-3-13(4-6-15)16-11-27-19-17(16)18(22-12-23-19)24-7-9-25(10-8-24)20(26)14-1-2-14/h3-6,11-12,14H,1-2,7-10H2. The first-order valence-electron chi connectivity index (χ1n) is 9.22. The van der Waals surface area contributed by atoms with E-state index in [4.69, 9.17) is 0 Å². The second kappa shape index (κ2) is 6.56. The predicted octanol–water partition coefficient (Wildman–Crippen LogP) is 3.56. The zero-order valence-electron chi connectivity index (χ0n) is 14.8. The topological polar surface area (TPSA) is 49.3 Å². The number of fused-ring (bicyclic) bond motifs is 1. The van der Waals surface area contributed by atoms with Crippen molar-refractivity contribution in [2.75, 3.05) is 31.1 Å². The van der Waals surface area contributed by atoms with Gasteiger partial charge >= 0.3 is 0 Å². The van der Waals surface area contributed by atoms with Crippen molar-refractivity contribution in [3.63, 3.8) is 0 Å². The number of aromatic nitrogens is 2. The van der Waals surface area contributed by atoms with E-state index in [0.717, 1.165) is 66.2 Å². The molecular weight excluding hydrogens is 363 g/mol. The highest BCUT2D eigenvalue weighted by atomic mass is 32.1. The van der Waals surface area contributed by atoms with E-state index < -0.39 is 0 Å². The van der Waals surface area contributed by atoms with Crippen LogP contribution in [0.3, 0.4) is 0 Å². The molecule has 0 bridgehead atoms. The number of halogens is 1. The van der Waals surface area contributed by atoms with Crippen LogP contribution in [0.2, 0.25) is 0 Å². The highest BCUT2D eigenvalue weighted by molar-refractivity contribution is 7.17. The van der Waals surface area contributed by atoms with E-state index in [-0.39, 0.29) is 11.7 Å². The van der Waals surface area contributed by atoms with Gasteiger partial charge in [-0.15, -0.1) is 11.3 Å². The third kappa shape index (κ3) is 3.06. The van der Waals surface area contributed by atoms with Crippen LogP contribution >= 0.6 is 11.3 Å². The maximum Gasteiger partial charge on any atom is 0.225 e. The molecule has 27 heavy (non-hydrogen) atoms. The molecule has 0 radical (unpaired) electrons. The van der Waals surface area contributed by atoms with Crippen molar-refractivity contribution in [2.45, 2.75) is 12.8 Å². The molecule has 3 aromatic rings. The summed E-state index contributed by atoms with van der Waals surface area (Å²) in [6.45, 7) is 3.00. The Morgan fingerprint density at radius 3 is 2.52 bits per heavy atom. The molecular formula is C20H19FN4OS. The molecule has 1 aliphatic carbocycles. The SMILES string of the molecule is O=C(C1CC1)N1CCN(c2ncnc3scc(-c4ccc(F)cc4)c23)CC1. The lowest BCUT2D eigenvalue weighted by Crippen LogP contribution is -2.49. The van der Waals surface area contributed by atoms with Crippen molar-refractivity contribution in [2.24, 2.45) is 5.92 Å². The maximum atomic E-state index is 13.3. The third-order valence-corrected chi connectivity index (χ3v) is 6.21. The van der Waals surface area contributed by atoms with Gasteiger partial charge in [-0.3, -0.25) is 4.79 Å². The number of rotatable bonds is 3. The molecule has 2 aliphatic rings. The van der Waals surface area contributed by atoms with Gasteiger partial charge in [0.05, 0.1) is 5.39 Å². The zero-order valence-corrected chi connectivity index (χ0v) is 15.6. The quantitative estimate of drug-likeness (QED) is 0.695. The Morgan fingerprint density at radius 2 is 1.81 bits per heavy atom. The first kappa shape index (κ1) is 16.6. The molecule has 1 amide bonds. The molecule has 1 aliphatic heterocycles. The lowest BCUT2D eigenvalue weighted by Gasteiger charge is -2.35. The normalized spacial score (nSPS) is 17.5. The minimum atomic E-state index is -0.244. The van der Waals surface area contributed by atoms with Crippen molar-refractivity contribution in [1.29, 1.82) is 0 Å². The van der Waals surface area contributed by atoms with Gasteiger partial charge in [0.2, 0.25) is 5.91 Å². The summed E-state index contributed by atoms with van der Waals surface area (Å²) < 4.78 is 13.3. The zero-order chi connectivity index (χ0) is 18.4. The van der Waals surface area contributed by atoms with Crippen LogP contribution in [-0.2, 0) is 4.79 Å². The van der Waals surface area contributed by atoms with Crippen LogP contribution in [0.1, 0.15) is 12.8 Å². The Bertz CT molecular complexity index is 991. The first-order chi connectivity index (χ1) is 13.2. The molecule has 0 atom stereocenters. The second-order valence-corrected chi connectivity index (χ2v) is 7.98. The smallest absolute Gasteiger partial charge is 0.225 e. The summed E-state index contributed by atoms with van der Waals surface area (Å²) in [5.74, 6) is 1.24. The minimum Gasteiger partial charge on any atom is -0.352 e. The Morgan fingerprint density at radius 1 is 1.07 bits per heavy atom. The Kier molecular flexibility index (Phi) is 4.04. The minimum absolute atomic E-state index is 0.244. The van der Waals surface area contributed by atoms with E-state index in [2.05, 4.69) is 20.2 Å². The van der Waals surface area contributed by atoms with E-state index in [9.17, 15) is 9.18 Å². The van der Waals surface area contributed by atoms with Gasteiger partial charge in [0.15, 0.2) is 0 Å². The molecule has 3 heterocycles. The summed E-state index contributed by atoms with van der Waals surface area (Å²) in [4.78, 5) is 26.4. The Hall–Kier alpha value is -2.54. The summed E-state index contributed by atoms with van der Waals surface area (Å²) in [7, 11) is 0. The third-order valence-electron chi connectivity index (χ3n) is 5.32. The number of piperazine rings is 1. The highest BCUT2D eigenvalue weighted by Gasteiger charge is 2.35. The molecule has 0 N–H and O–H groups in total. The lowest BCUT2D eigenvalue weighted by molar-refractivity contribution is -0.132. The van der Waals surface area contributed by atoms with Crippen molar-refractivity contribution in [3.05, 3.63) is 41.8 Å². The Labute approximate surface area is 160 Å². The number of carbonyl (C=O) groups is 1. The molecule has 1 aromatic carbocycles. The van der Waals surface area contributed by atoms with Crippen LogP contribution in [0.15, 0.2) is 36.0 Å². The van der Waals surface area contributed by atoms with Crippen LogP contribution in [0.25, 0.3) is 21.3 Å². The number of carbonyl (C=O) groups excluding carboxylic acids is 1. The molecule has 2 fully saturated rings. The van der Waals surface area contributed by atoms with Crippen molar-refractivity contribution in [1.82, 2.24) is 14.9 Å². The predicted molar refractivity (Wildman–Crippen MR) is 104 cm³/mol. The number of hydrogen-bond donors (Lipinski definition) is 0. The van der Waals surface area contributed by atoms with Crippen molar-refractivity contribution < 1.29 is 9.18 Å². The monoisotopic (exact) mass is 382 g/mol. The summed E-state index contributed by atoms with van der Waals surface area (Å²) >= 11 is 1.57.